The molecule has 1 saturated carbocycles. The Morgan fingerprint density at radius 3 is 2.62 bits per heavy atom. The van der Waals surface area contributed by atoms with E-state index in [1.165, 1.54) is 18.4 Å². The summed E-state index contributed by atoms with van der Waals surface area (Å²) in [6, 6.07) is 11.7. The number of nitrogens with one attached hydrogen (secondary N) is 1. The predicted octanol–water partition coefficient (Wildman–Crippen LogP) is 2.42. The lowest BCUT2D eigenvalue weighted by molar-refractivity contribution is 0.104. The van der Waals surface area contributed by atoms with E-state index in [0.29, 0.717) is 6.10 Å². The first-order valence-corrected chi connectivity index (χ1v) is 8.24. The molecule has 0 bridgehead atoms. The summed E-state index contributed by atoms with van der Waals surface area (Å²) >= 11 is 0. The molecule has 0 spiro atoms. The highest BCUT2D eigenvalue weighted by Crippen LogP contribution is 2.28. The number of likely N-dealkylation sites (tertiary alicyclic amines) is 1. The minimum Gasteiger partial charge on any atom is -0.380 e. The van der Waals surface area contributed by atoms with Gasteiger partial charge in [0.2, 0.25) is 0 Å². The maximum atomic E-state index is 5.51. The fraction of sp³-hybridized carbons (Fsp3) is 0.667. The highest BCUT2D eigenvalue weighted by Gasteiger charge is 2.34. The number of methoxy groups -OCH3 is 1. The molecule has 116 valence electrons. The zero-order chi connectivity index (χ0) is 14.7. The van der Waals surface area contributed by atoms with Crippen LogP contribution in [0.5, 0.6) is 0 Å². The SMILES string of the molecule is COC1CCN(CC(C)(CNC2CC2)c2ccccc2)C1. The van der Waals surface area contributed by atoms with Crippen LogP contribution in [0.2, 0.25) is 0 Å². The van der Waals surface area contributed by atoms with Crippen LogP contribution in [0, 0.1) is 0 Å². The van der Waals surface area contributed by atoms with Gasteiger partial charge in [0.25, 0.3) is 0 Å². The molecule has 21 heavy (non-hydrogen) atoms. The molecule has 2 atom stereocenters. The van der Waals surface area contributed by atoms with Gasteiger partial charge in [0.1, 0.15) is 0 Å². The lowest BCUT2D eigenvalue weighted by Gasteiger charge is -2.35. The summed E-state index contributed by atoms with van der Waals surface area (Å²) in [6.07, 6.45) is 4.28. The van der Waals surface area contributed by atoms with Crippen molar-refractivity contribution in [2.45, 2.75) is 43.7 Å². The summed E-state index contributed by atoms with van der Waals surface area (Å²) in [5.41, 5.74) is 1.62. The number of ether oxygens (including phenoxy) is 1. The van der Waals surface area contributed by atoms with E-state index in [2.05, 4.69) is 47.5 Å². The minimum atomic E-state index is 0.173. The van der Waals surface area contributed by atoms with Crippen LogP contribution in [0.4, 0.5) is 0 Å². The highest BCUT2D eigenvalue weighted by molar-refractivity contribution is 5.26. The predicted molar refractivity (Wildman–Crippen MR) is 86.7 cm³/mol. The van der Waals surface area contributed by atoms with Gasteiger partial charge in [0.15, 0.2) is 0 Å². The molecule has 1 N–H and O–H groups in total. The van der Waals surface area contributed by atoms with Gasteiger partial charge in [0, 0.05) is 44.7 Å². The van der Waals surface area contributed by atoms with Gasteiger partial charge in [-0.1, -0.05) is 37.3 Å². The number of benzene rings is 1. The second kappa shape index (κ2) is 6.47. The normalized spacial score (nSPS) is 25.9. The first-order chi connectivity index (χ1) is 10.2. The Kier molecular flexibility index (Phi) is 4.63. The topological polar surface area (TPSA) is 24.5 Å². The van der Waals surface area contributed by atoms with Crippen LogP contribution in [0.15, 0.2) is 30.3 Å². The first kappa shape index (κ1) is 15.0. The Morgan fingerprint density at radius 2 is 2.00 bits per heavy atom. The molecule has 0 aromatic heterocycles. The van der Waals surface area contributed by atoms with Crippen molar-refractivity contribution >= 4 is 0 Å². The van der Waals surface area contributed by atoms with Crippen LogP contribution in [-0.2, 0) is 10.2 Å². The molecule has 0 radical (unpaired) electrons. The summed E-state index contributed by atoms with van der Waals surface area (Å²) in [4.78, 5) is 2.57. The van der Waals surface area contributed by atoms with Gasteiger partial charge < -0.3 is 10.1 Å². The van der Waals surface area contributed by atoms with Gasteiger partial charge in [-0.15, -0.1) is 0 Å². The lowest BCUT2D eigenvalue weighted by Crippen LogP contribution is -2.45. The average Bonchev–Trinajstić information content (AvgIpc) is 3.25. The zero-order valence-corrected chi connectivity index (χ0v) is 13.3. The van der Waals surface area contributed by atoms with E-state index >= 15 is 0 Å². The van der Waals surface area contributed by atoms with Crippen molar-refractivity contribution in [3.63, 3.8) is 0 Å². The van der Waals surface area contributed by atoms with Crippen LogP contribution in [0.1, 0.15) is 31.7 Å². The number of nitrogens with zero attached hydrogens (tertiary/aromatic N) is 1. The molecule has 1 aromatic carbocycles. The van der Waals surface area contributed by atoms with Crippen LogP contribution >= 0.6 is 0 Å². The smallest absolute Gasteiger partial charge is 0.0710 e. The van der Waals surface area contributed by atoms with Gasteiger partial charge in [0.05, 0.1) is 6.10 Å². The molecule has 1 aromatic rings. The third kappa shape index (κ3) is 3.85. The standard InChI is InChI=1S/C18H28N2O/c1-18(13-19-16-8-9-16,15-6-4-3-5-7-15)14-20-11-10-17(12-20)21-2/h3-7,16-17,19H,8-14H2,1-2H3. The van der Waals surface area contributed by atoms with Gasteiger partial charge >= 0.3 is 0 Å². The molecule has 3 nitrogen and oxygen atoms in total. The molecular weight excluding hydrogens is 260 g/mol. The van der Waals surface area contributed by atoms with Crippen LogP contribution in [0.3, 0.4) is 0 Å². The minimum absolute atomic E-state index is 0.173. The van der Waals surface area contributed by atoms with Crippen molar-refractivity contribution in [3.05, 3.63) is 35.9 Å². The highest BCUT2D eigenvalue weighted by atomic mass is 16.5. The maximum absolute atomic E-state index is 5.51. The fourth-order valence-electron chi connectivity index (χ4n) is 3.37. The van der Waals surface area contributed by atoms with Gasteiger partial charge in [-0.25, -0.2) is 0 Å². The average molecular weight is 288 g/mol. The van der Waals surface area contributed by atoms with Crippen molar-refractivity contribution in [2.24, 2.45) is 0 Å². The molecule has 1 aliphatic carbocycles. The Balaban J connectivity index is 1.69. The third-order valence-corrected chi connectivity index (χ3v) is 4.96. The Labute approximate surface area is 128 Å². The molecule has 1 heterocycles. The molecule has 2 aliphatic rings. The second-order valence-electron chi connectivity index (χ2n) is 6.96. The number of hydrogen-bond acceptors (Lipinski definition) is 3. The summed E-state index contributed by atoms with van der Waals surface area (Å²) in [5, 5.41) is 3.74. The monoisotopic (exact) mass is 288 g/mol. The van der Waals surface area contributed by atoms with Crippen molar-refractivity contribution < 1.29 is 4.74 Å². The number of hydrogen-bond donors (Lipinski definition) is 1. The van der Waals surface area contributed by atoms with E-state index in [-0.39, 0.29) is 5.41 Å². The van der Waals surface area contributed by atoms with E-state index in [1.807, 2.05) is 7.11 Å². The molecular formula is C18H28N2O. The fourth-order valence-corrected chi connectivity index (χ4v) is 3.37. The largest absolute Gasteiger partial charge is 0.380 e. The van der Waals surface area contributed by atoms with Crippen molar-refractivity contribution in [1.82, 2.24) is 10.2 Å². The molecule has 3 rings (SSSR count). The van der Waals surface area contributed by atoms with E-state index in [9.17, 15) is 0 Å². The molecule has 2 unspecified atom stereocenters. The first-order valence-electron chi connectivity index (χ1n) is 8.24. The molecule has 3 heteroatoms. The van der Waals surface area contributed by atoms with Crippen LogP contribution < -0.4 is 5.32 Å². The lowest BCUT2D eigenvalue weighted by atomic mass is 9.81. The van der Waals surface area contributed by atoms with Crippen molar-refractivity contribution in [3.8, 4) is 0 Å². The van der Waals surface area contributed by atoms with E-state index in [1.54, 1.807) is 0 Å². The number of rotatable bonds is 7. The third-order valence-electron chi connectivity index (χ3n) is 4.96. The van der Waals surface area contributed by atoms with Gasteiger partial charge in [-0.3, -0.25) is 4.90 Å². The molecule has 1 aliphatic heterocycles. The maximum Gasteiger partial charge on any atom is 0.0710 e. The van der Waals surface area contributed by atoms with Crippen LogP contribution in [-0.4, -0.2) is 50.3 Å². The Hall–Kier alpha value is -0.900. The van der Waals surface area contributed by atoms with Crippen LogP contribution in [0.25, 0.3) is 0 Å². The summed E-state index contributed by atoms with van der Waals surface area (Å²) in [7, 11) is 1.83. The summed E-state index contributed by atoms with van der Waals surface area (Å²) in [6.45, 7) is 6.80. The molecule has 0 amide bonds. The van der Waals surface area contributed by atoms with E-state index < -0.39 is 0 Å². The molecule has 2 fully saturated rings. The van der Waals surface area contributed by atoms with E-state index in [4.69, 9.17) is 4.74 Å². The summed E-state index contributed by atoms with van der Waals surface area (Å²) < 4.78 is 5.51. The second-order valence-corrected chi connectivity index (χ2v) is 6.96. The zero-order valence-electron chi connectivity index (χ0n) is 13.3. The molecule has 1 saturated heterocycles. The van der Waals surface area contributed by atoms with Gasteiger partial charge in [-0.2, -0.15) is 0 Å². The van der Waals surface area contributed by atoms with Gasteiger partial charge in [-0.05, 0) is 24.8 Å². The quantitative estimate of drug-likeness (QED) is 0.834. The Morgan fingerprint density at radius 1 is 1.24 bits per heavy atom. The Bertz CT molecular complexity index is 446. The van der Waals surface area contributed by atoms with Crippen molar-refractivity contribution in [2.75, 3.05) is 33.3 Å². The van der Waals surface area contributed by atoms with E-state index in [0.717, 1.165) is 38.6 Å². The summed E-state index contributed by atoms with van der Waals surface area (Å²) in [5.74, 6) is 0. The van der Waals surface area contributed by atoms with Crippen molar-refractivity contribution in [1.29, 1.82) is 0 Å².